The fourth-order valence-corrected chi connectivity index (χ4v) is 2.63. The highest BCUT2D eigenvalue weighted by Crippen LogP contribution is 2.23. The van der Waals surface area contributed by atoms with Crippen molar-refractivity contribution in [3.63, 3.8) is 0 Å². The largest absolute Gasteiger partial charge is 0.322 e. The highest BCUT2D eigenvalue weighted by Gasteiger charge is 2.13. The minimum Gasteiger partial charge on any atom is -0.322 e. The number of nitrogens with zero attached hydrogens (tertiary/aromatic N) is 2. The van der Waals surface area contributed by atoms with Crippen molar-refractivity contribution in [1.82, 2.24) is 9.78 Å². The molecule has 1 unspecified atom stereocenters. The number of benzene rings is 1. The Balaban J connectivity index is 2.26. The second-order valence-corrected chi connectivity index (χ2v) is 5.10. The number of nitrogens with two attached hydrogens (primary N) is 1. The van der Waals surface area contributed by atoms with Gasteiger partial charge in [-0.15, -0.1) is 0 Å². The van der Waals surface area contributed by atoms with Crippen LogP contribution in [0.15, 0.2) is 24.4 Å². The quantitative estimate of drug-likeness (QED) is 0.901. The molecule has 3 nitrogen and oxygen atoms in total. The lowest BCUT2D eigenvalue weighted by Gasteiger charge is -2.18. The molecule has 0 saturated carbocycles. The number of aryl methyl sites for hydroxylation is 4. The minimum absolute atomic E-state index is 0.00935. The summed E-state index contributed by atoms with van der Waals surface area (Å²) in [5.41, 5.74) is 12.4. The molecule has 1 heterocycles. The van der Waals surface area contributed by atoms with Crippen LogP contribution >= 0.6 is 0 Å². The Morgan fingerprint density at radius 3 is 2.28 bits per heavy atom. The van der Waals surface area contributed by atoms with Crippen molar-refractivity contribution < 1.29 is 0 Å². The van der Waals surface area contributed by atoms with Crippen LogP contribution in [-0.4, -0.2) is 9.78 Å². The van der Waals surface area contributed by atoms with Gasteiger partial charge in [-0.25, -0.2) is 0 Å². The lowest BCUT2D eigenvalue weighted by molar-refractivity contribution is 0.522. The van der Waals surface area contributed by atoms with Gasteiger partial charge in [-0.1, -0.05) is 17.7 Å². The average Bonchev–Trinajstić information content (AvgIpc) is 2.62. The van der Waals surface area contributed by atoms with Crippen molar-refractivity contribution in [2.75, 3.05) is 0 Å². The zero-order valence-corrected chi connectivity index (χ0v) is 11.6. The van der Waals surface area contributed by atoms with Gasteiger partial charge in [-0.2, -0.15) is 5.10 Å². The third-order valence-electron chi connectivity index (χ3n) is 3.27. The van der Waals surface area contributed by atoms with Crippen LogP contribution in [0, 0.1) is 27.7 Å². The van der Waals surface area contributed by atoms with Gasteiger partial charge in [-0.3, -0.25) is 4.68 Å². The summed E-state index contributed by atoms with van der Waals surface area (Å²) in [7, 11) is 0. The van der Waals surface area contributed by atoms with Crippen LogP contribution in [0.1, 0.15) is 34.0 Å². The molecule has 1 aromatic heterocycles. The lowest BCUT2D eigenvalue weighted by Crippen LogP contribution is -2.20. The first kappa shape index (κ1) is 12.8. The molecule has 18 heavy (non-hydrogen) atoms. The molecule has 0 aliphatic heterocycles. The molecular weight excluding hydrogens is 222 g/mol. The zero-order valence-electron chi connectivity index (χ0n) is 11.6. The predicted molar refractivity (Wildman–Crippen MR) is 74.5 cm³/mol. The fraction of sp³-hybridized carbons (Fsp3) is 0.400. The Hall–Kier alpha value is -1.61. The first-order valence-corrected chi connectivity index (χ1v) is 6.30. The Morgan fingerprint density at radius 1 is 1.17 bits per heavy atom. The van der Waals surface area contributed by atoms with Gasteiger partial charge in [0.2, 0.25) is 0 Å². The molecule has 0 amide bonds. The van der Waals surface area contributed by atoms with Crippen LogP contribution < -0.4 is 5.73 Å². The molecule has 2 aromatic rings. The van der Waals surface area contributed by atoms with E-state index in [1.54, 1.807) is 0 Å². The predicted octanol–water partition coefficient (Wildman–Crippen LogP) is 2.82. The van der Waals surface area contributed by atoms with Gasteiger partial charge < -0.3 is 5.73 Å². The molecule has 0 spiro atoms. The number of rotatable bonds is 3. The first-order chi connectivity index (χ1) is 8.47. The van der Waals surface area contributed by atoms with Crippen LogP contribution in [0.25, 0.3) is 0 Å². The van der Waals surface area contributed by atoms with E-state index in [9.17, 15) is 0 Å². The molecule has 2 rings (SSSR count). The average molecular weight is 243 g/mol. The minimum atomic E-state index is -0.00935. The van der Waals surface area contributed by atoms with Crippen molar-refractivity contribution in [2.24, 2.45) is 5.73 Å². The van der Waals surface area contributed by atoms with Gasteiger partial charge >= 0.3 is 0 Å². The van der Waals surface area contributed by atoms with E-state index in [0.717, 1.165) is 12.2 Å². The third kappa shape index (κ3) is 2.62. The number of hydrogen-bond donors (Lipinski definition) is 1. The van der Waals surface area contributed by atoms with Gasteiger partial charge in [0.25, 0.3) is 0 Å². The highest BCUT2D eigenvalue weighted by molar-refractivity contribution is 5.39. The molecule has 0 bridgehead atoms. The molecule has 0 aliphatic rings. The van der Waals surface area contributed by atoms with Gasteiger partial charge in [0.05, 0.1) is 12.2 Å². The van der Waals surface area contributed by atoms with E-state index < -0.39 is 0 Å². The molecule has 0 radical (unpaired) electrons. The summed E-state index contributed by atoms with van der Waals surface area (Å²) in [6, 6.07) is 6.37. The standard InChI is InChI=1S/C15H21N3/c1-10-7-11(2)15(12(3)8-10)14(16)9-18-6-5-13(4)17-18/h5-8,14H,9,16H2,1-4H3. The monoisotopic (exact) mass is 243 g/mol. The summed E-state index contributed by atoms with van der Waals surface area (Å²) in [5, 5.41) is 4.39. The van der Waals surface area contributed by atoms with E-state index >= 15 is 0 Å². The number of hydrogen-bond acceptors (Lipinski definition) is 2. The van der Waals surface area contributed by atoms with Crippen LogP contribution in [-0.2, 0) is 6.54 Å². The Labute approximate surface area is 109 Å². The van der Waals surface area contributed by atoms with E-state index in [2.05, 4.69) is 38.0 Å². The third-order valence-corrected chi connectivity index (χ3v) is 3.27. The summed E-state index contributed by atoms with van der Waals surface area (Å²) in [5.74, 6) is 0. The summed E-state index contributed by atoms with van der Waals surface area (Å²) in [6.45, 7) is 9.09. The fourth-order valence-electron chi connectivity index (χ4n) is 2.63. The molecule has 0 fully saturated rings. The summed E-state index contributed by atoms with van der Waals surface area (Å²) in [6.07, 6.45) is 1.98. The second-order valence-electron chi connectivity index (χ2n) is 5.10. The molecule has 1 atom stereocenters. The van der Waals surface area contributed by atoms with E-state index in [0.29, 0.717) is 0 Å². The van der Waals surface area contributed by atoms with E-state index in [4.69, 9.17) is 5.73 Å². The second kappa shape index (κ2) is 4.94. The Bertz CT molecular complexity index is 532. The summed E-state index contributed by atoms with van der Waals surface area (Å²) < 4.78 is 1.92. The number of aromatic nitrogens is 2. The van der Waals surface area contributed by atoms with Crippen molar-refractivity contribution in [3.05, 3.63) is 52.3 Å². The van der Waals surface area contributed by atoms with Crippen molar-refractivity contribution in [2.45, 2.75) is 40.3 Å². The van der Waals surface area contributed by atoms with Crippen molar-refractivity contribution in [3.8, 4) is 0 Å². The molecule has 0 saturated heterocycles. The smallest absolute Gasteiger partial charge is 0.0602 e. The normalized spacial score (nSPS) is 12.7. The van der Waals surface area contributed by atoms with Crippen LogP contribution in [0.5, 0.6) is 0 Å². The van der Waals surface area contributed by atoms with Crippen LogP contribution in [0.4, 0.5) is 0 Å². The maximum Gasteiger partial charge on any atom is 0.0602 e. The van der Waals surface area contributed by atoms with E-state index in [1.807, 2.05) is 23.9 Å². The van der Waals surface area contributed by atoms with E-state index in [-0.39, 0.29) is 6.04 Å². The molecule has 0 aliphatic carbocycles. The maximum atomic E-state index is 6.33. The molecule has 1 aromatic carbocycles. The van der Waals surface area contributed by atoms with Crippen molar-refractivity contribution >= 4 is 0 Å². The summed E-state index contributed by atoms with van der Waals surface area (Å²) in [4.78, 5) is 0. The lowest BCUT2D eigenvalue weighted by atomic mass is 9.94. The van der Waals surface area contributed by atoms with E-state index in [1.165, 1.54) is 22.3 Å². The Kier molecular flexibility index (Phi) is 3.53. The topological polar surface area (TPSA) is 43.8 Å². The van der Waals surface area contributed by atoms with Gasteiger partial charge in [-0.05, 0) is 50.5 Å². The van der Waals surface area contributed by atoms with Gasteiger partial charge in [0, 0.05) is 12.2 Å². The SMILES string of the molecule is Cc1cc(C)c(C(N)Cn2ccc(C)n2)c(C)c1. The van der Waals surface area contributed by atoms with Crippen LogP contribution in [0.3, 0.4) is 0 Å². The maximum absolute atomic E-state index is 6.33. The molecule has 2 N–H and O–H groups in total. The summed E-state index contributed by atoms with van der Waals surface area (Å²) >= 11 is 0. The molecule has 96 valence electrons. The molecular formula is C15H21N3. The Morgan fingerprint density at radius 2 is 1.78 bits per heavy atom. The van der Waals surface area contributed by atoms with Crippen LogP contribution in [0.2, 0.25) is 0 Å². The molecule has 3 heteroatoms. The van der Waals surface area contributed by atoms with Gasteiger partial charge in [0.1, 0.15) is 0 Å². The van der Waals surface area contributed by atoms with Crippen molar-refractivity contribution in [1.29, 1.82) is 0 Å². The highest BCUT2D eigenvalue weighted by atomic mass is 15.3. The first-order valence-electron chi connectivity index (χ1n) is 6.30. The van der Waals surface area contributed by atoms with Gasteiger partial charge in [0.15, 0.2) is 0 Å². The zero-order chi connectivity index (χ0) is 13.3.